The zero-order valence-corrected chi connectivity index (χ0v) is 4.90. The highest BCUT2D eigenvalue weighted by molar-refractivity contribution is 7.85. The molecule has 0 aromatic rings. The number of rotatable bonds is 0. The molecule has 5 nitrogen and oxygen atoms in total. The SMILES string of the molecule is CS(=O)(=O)O.N.N. The van der Waals surface area contributed by atoms with Crippen molar-refractivity contribution < 1.29 is 13.0 Å². The normalized spacial score (nSPS) is 8.29. The van der Waals surface area contributed by atoms with Crippen LogP contribution in [0.1, 0.15) is 0 Å². The third-order valence-corrected chi connectivity index (χ3v) is 0. The molecule has 0 aliphatic carbocycles. The Kier molecular flexibility index (Phi) is 9.05. The van der Waals surface area contributed by atoms with Gasteiger partial charge in [-0.25, -0.2) is 0 Å². The molecule has 0 heterocycles. The summed E-state index contributed by atoms with van der Waals surface area (Å²) < 4.78 is 25.9. The second kappa shape index (κ2) is 4.00. The molecule has 0 aromatic carbocycles. The van der Waals surface area contributed by atoms with E-state index in [2.05, 4.69) is 0 Å². The second-order valence-corrected chi connectivity index (χ2v) is 2.20. The Hall–Kier alpha value is -0.170. The van der Waals surface area contributed by atoms with Crippen molar-refractivity contribution in [3.05, 3.63) is 0 Å². The van der Waals surface area contributed by atoms with Crippen molar-refractivity contribution in [1.82, 2.24) is 12.3 Å². The van der Waals surface area contributed by atoms with E-state index in [1.54, 1.807) is 0 Å². The van der Waals surface area contributed by atoms with E-state index in [1.165, 1.54) is 0 Å². The van der Waals surface area contributed by atoms with Crippen LogP contribution in [0.2, 0.25) is 0 Å². The van der Waals surface area contributed by atoms with Crippen LogP contribution in [0.4, 0.5) is 0 Å². The third kappa shape index (κ3) is 2960. The van der Waals surface area contributed by atoms with Crippen molar-refractivity contribution in [3.8, 4) is 0 Å². The van der Waals surface area contributed by atoms with Gasteiger partial charge in [-0.15, -0.1) is 0 Å². The van der Waals surface area contributed by atoms with Crippen LogP contribution in [0.25, 0.3) is 0 Å². The maximum atomic E-state index is 9.19. The first-order chi connectivity index (χ1) is 2.00. The van der Waals surface area contributed by atoms with Crippen LogP contribution in [-0.2, 0) is 10.1 Å². The van der Waals surface area contributed by atoms with E-state index in [4.69, 9.17) is 4.55 Å². The first-order valence-corrected chi connectivity index (χ1v) is 2.77. The van der Waals surface area contributed by atoms with Gasteiger partial charge in [-0.2, -0.15) is 8.42 Å². The molecule has 0 radical (unpaired) electrons. The van der Waals surface area contributed by atoms with Crippen molar-refractivity contribution in [2.45, 2.75) is 0 Å². The molecule has 0 saturated carbocycles. The fraction of sp³-hybridized carbons (Fsp3) is 1.00. The van der Waals surface area contributed by atoms with Crippen LogP contribution in [0.15, 0.2) is 0 Å². The summed E-state index contributed by atoms with van der Waals surface area (Å²) >= 11 is 0. The summed E-state index contributed by atoms with van der Waals surface area (Å²) in [7, 11) is -3.67. The van der Waals surface area contributed by atoms with E-state index in [1.807, 2.05) is 0 Å². The van der Waals surface area contributed by atoms with Gasteiger partial charge in [-0.3, -0.25) is 4.55 Å². The van der Waals surface area contributed by atoms with Crippen LogP contribution < -0.4 is 12.3 Å². The molecule has 0 unspecified atom stereocenters. The summed E-state index contributed by atoms with van der Waals surface area (Å²) in [5.74, 6) is 0. The molecule has 0 aliphatic heterocycles. The smallest absolute Gasteiger partial charge is 0.261 e. The van der Waals surface area contributed by atoms with Crippen molar-refractivity contribution >= 4 is 10.1 Å². The minimum Gasteiger partial charge on any atom is -0.344 e. The predicted octanol–water partition coefficient (Wildman–Crippen LogP) is -0.172. The highest BCUT2D eigenvalue weighted by Crippen LogP contribution is 1.60. The lowest BCUT2D eigenvalue weighted by Crippen LogP contribution is -1.88. The molecule has 48 valence electrons. The van der Waals surface area contributed by atoms with Gasteiger partial charge >= 0.3 is 0 Å². The zero-order valence-electron chi connectivity index (χ0n) is 4.09. The Morgan fingerprint density at radius 1 is 1.29 bits per heavy atom. The molecule has 0 saturated heterocycles. The van der Waals surface area contributed by atoms with Gasteiger partial charge in [-0.05, 0) is 0 Å². The van der Waals surface area contributed by atoms with Crippen LogP contribution >= 0.6 is 0 Å². The van der Waals surface area contributed by atoms with Gasteiger partial charge in [0.1, 0.15) is 0 Å². The van der Waals surface area contributed by atoms with Crippen LogP contribution in [-0.4, -0.2) is 19.2 Å². The van der Waals surface area contributed by atoms with Crippen LogP contribution in [0, 0.1) is 0 Å². The van der Waals surface area contributed by atoms with Gasteiger partial charge in [-0.1, -0.05) is 0 Å². The first-order valence-electron chi connectivity index (χ1n) is 0.924. The summed E-state index contributed by atoms with van der Waals surface area (Å²) in [6, 6.07) is 0. The average molecular weight is 130 g/mol. The van der Waals surface area contributed by atoms with Crippen molar-refractivity contribution in [3.63, 3.8) is 0 Å². The highest BCUT2D eigenvalue weighted by atomic mass is 32.2. The van der Waals surface area contributed by atoms with Crippen LogP contribution in [0.3, 0.4) is 0 Å². The number of hydrogen-bond acceptors (Lipinski definition) is 4. The number of hydrogen-bond donors (Lipinski definition) is 3. The molecule has 0 rings (SSSR count). The molecule has 0 aliphatic rings. The molecular weight excluding hydrogens is 120 g/mol. The molecule has 0 spiro atoms. The molecule has 6 heteroatoms. The van der Waals surface area contributed by atoms with Crippen molar-refractivity contribution in [1.29, 1.82) is 0 Å². The van der Waals surface area contributed by atoms with E-state index in [9.17, 15) is 8.42 Å². The van der Waals surface area contributed by atoms with Crippen LogP contribution in [0.5, 0.6) is 0 Å². The molecule has 0 fully saturated rings. The lowest BCUT2D eigenvalue weighted by molar-refractivity contribution is 0.490. The molecule has 0 aromatic heterocycles. The van der Waals surface area contributed by atoms with E-state index in [0.717, 1.165) is 0 Å². The monoisotopic (exact) mass is 130 g/mol. The average Bonchev–Trinajstić information content (AvgIpc) is 0.722. The minimum absolute atomic E-state index is 0. The largest absolute Gasteiger partial charge is 0.344 e. The Bertz CT molecular complexity index is 96.1. The predicted molar refractivity (Wildman–Crippen MR) is 27.5 cm³/mol. The maximum Gasteiger partial charge on any atom is 0.261 e. The Morgan fingerprint density at radius 3 is 1.29 bits per heavy atom. The van der Waals surface area contributed by atoms with Gasteiger partial charge in [0, 0.05) is 0 Å². The molecule has 0 bridgehead atoms. The Balaban J connectivity index is -0.0000000800. The lowest BCUT2D eigenvalue weighted by Gasteiger charge is -1.69. The van der Waals surface area contributed by atoms with Gasteiger partial charge in [0.15, 0.2) is 0 Å². The van der Waals surface area contributed by atoms with Crippen molar-refractivity contribution in [2.24, 2.45) is 0 Å². The third-order valence-electron chi connectivity index (χ3n) is 0. The molecule has 0 atom stereocenters. The summed E-state index contributed by atoms with van der Waals surface area (Å²) in [4.78, 5) is 0. The fourth-order valence-electron chi connectivity index (χ4n) is 0. The fourth-order valence-corrected chi connectivity index (χ4v) is 0. The first kappa shape index (κ1) is 15.8. The zero-order chi connectivity index (χ0) is 4.50. The Morgan fingerprint density at radius 2 is 1.29 bits per heavy atom. The maximum absolute atomic E-state index is 9.19. The van der Waals surface area contributed by atoms with Crippen molar-refractivity contribution in [2.75, 3.05) is 6.26 Å². The van der Waals surface area contributed by atoms with Gasteiger partial charge < -0.3 is 12.3 Å². The van der Waals surface area contributed by atoms with Gasteiger partial charge in [0.25, 0.3) is 10.1 Å². The van der Waals surface area contributed by atoms with E-state index in [0.29, 0.717) is 6.26 Å². The van der Waals surface area contributed by atoms with E-state index >= 15 is 0 Å². The molecule has 7 N–H and O–H groups in total. The molecule has 0 amide bonds. The molecular formula is CH10N2O3S. The Labute approximate surface area is 42.6 Å². The van der Waals surface area contributed by atoms with E-state index in [-0.39, 0.29) is 12.3 Å². The summed E-state index contributed by atoms with van der Waals surface area (Å²) in [5, 5.41) is 0. The summed E-state index contributed by atoms with van der Waals surface area (Å²) in [5.41, 5.74) is 0. The summed E-state index contributed by atoms with van der Waals surface area (Å²) in [6.07, 6.45) is 0.715. The van der Waals surface area contributed by atoms with Gasteiger partial charge in [0.05, 0.1) is 6.26 Å². The topological polar surface area (TPSA) is 124 Å². The minimum atomic E-state index is -3.67. The van der Waals surface area contributed by atoms with Gasteiger partial charge in [0.2, 0.25) is 0 Å². The standard InChI is InChI=1S/CH4O3S.2H3N/c1-5(2,3)4;;/h1H3,(H,2,3,4);2*1H3. The molecule has 7 heavy (non-hydrogen) atoms. The summed E-state index contributed by atoms with van der Waals surface area (Å²) in [6.45, 7) is 0. The highest BCUT2D eigenvalue weighted by Gasteiger charge is 1.81. The lowest BCUT2D eigenvalue weighted by atomic mass is 12.0. The second-order valence-electron chi connectivity index (χ2n) is 0.733. The van der Waals surface area contributed by atoms with E-state index < -0.39 is 10.1 Å². The quantitative estimate of drug-likeness (QED) is 0.392.